The number of hydrogen-bond acceptors (Lipinski definition) is 4. The third-order valence-electron chi connectivity index (χ3n) is 4.35. The average molecular weight is 285 g/mol. The summed E-state index contributed by atoms with van der Waals surface area (Å²) in [5, 5.41) is 2.93. The van der Waals surface area contributed by atoms with Crippen molar-refractivity contribution in [2.24, 2.45) is 0 Å². The molecule has 108 valence electrons. The zero-order chi connectivity index (χ0) is 13.9. The molecule has 5 nitrogen and oxygen atoms in total. The van der Waals surface area contributed by atoms with Crippen molar-refractivity contribution in [2.45, 2.75) is 24.8 Å². The van der Waals surface area contributed by atoms with Crippen LogP contribution in [0.3, 0.4) is 0 Å². The van der Waals surface area contributed by atoms with Gasteiger partial charge in [0.2, 0.25) is 11.8 Å². The van der Waals surface area contributed by atoms with Gasteiger partial charge in [-0.2, -0.15) is 11.8 Å². The molecular weight excluding hydrogens is 262 g/mol. The van der Waals surface area contributed by atoms with Crippen molar-refractivity contribution in [1.29, 1.82) is 0 Å². The van der Waals surface area contributed by atoms with Gasteiger partial charge in [-0.25, -0.2) is 0 Å². The zero-order valence-electron chi connectivity index (χ0n) is 11.8. The van der Waals surface area contributed by atoms with Crippen LogP contribution < -0.4 is 5.32 Å². The number of thioether (sulfide) groups is 1. The molecule has 0 aromatic heterocycles. The molecule has 19 heavy (non-hydrogen) atoms. The van der Waals surface area contributed by atoms with Crippen molar-refractivity contribution in [3.63, 3.8) is 0 Å². The first-order valence-corrected chi connectivity index (χ1v) is 8.21. The lowest BCUT2D eigenvalue weighted by Gasteiger charge is -2.49. The van der Waals surface area contributed by atoms with Gasteiger partial charge >= 0.3 is 0 Å². The highest BCUT2D eigenvalue weighted by Crippen LogP contribution is 2.30. The first-order valence-electron chi connectivity index (χ1n) is 6.82. The van der Waals surface area contributed by atoms with Gasteiger partial charge in [0.15, 0.2) is 0 Å². The van der Waals surface area contributed by atoms with E-state index in [-0.39, 0.29) is 17.4 Å². The minimum Gasteiger partial charge on any atom is -0.356 e. The second-order valence-corrected chi connectivity index (χ2v) is 6.36. The minimum atomic E-state index is -0.0223. The van der Waals surface area contributed by atoms with E-state index in [0.29, 0.717) is 18.7 Å². The van der Waals surface area contributed by atoms with Crippen LogP contribution in [0.15, 0.2) is 0 Å². The van der Waals surface area contributed by atoms with E-state index in [2.05, 4.69) is 17.3 Å². The monoisotopic (exact) mass is 285 g/mol. The number of carbonyl (C=O) groups excluding carboxylic acids is 2. The first-order chi connectivity index (χ1) is 9.07. The molecule has 2 aliphatic rings. The van der Waals surface area contributed by atoms with Crippen LogP contribution in [0.1, 0.15) is 19.3 Å². The van der Waals surface area contributed by atoms with E-state index < -0.39 is 0 Å². The topological polar surface area (TPSA) is 52.7 Å². The van der Waals surface area contributed by atoms with Crippen LogP contribution in [0.5, 0.6) is 0 Å². The molecule has 6 heteroatoms. The first kappa shape index (κ1) is 14.7. The van der Waals surface area contributed by atoms with Crippen LogP contribution in [-0.4, -0.2) is 72.4 Å². The van der Waals surface area contributed by atoms with E-state index in [9.17, 15) is 9.59 Å². The molecule has 2 rings (SSSR count). The summed E-state index contributed by atoms with van der Waals surface area (Å²) in [4.78, 5) is 27.9. The lowest BCUT2D eigenvalue weighted by molar-refractivity contribution is -0.134. The largest absolute Gasteiger partial charge is 0.356 e. The second kappa shape index (κ2) is 6.13. The van der Waals surface area contributed by atoms with Crippen molar-refractivity contribution in [3.05, 3.63) is 0 Å². The molecule has 0 aromatic rings. The number of amides is 2. The lowest BCUT2D eigenvalue weighted by atomic mass is 9.86. The van der Waals surface area contributed by atoms with E-state index in [4.69, 9.17) is 0 Å². The van der Waals surface area contributed by atoms with Gasteiger partial charge in [-0.3, -0.25) is 14.5 Å². The maximum absolute atomic E-state index is 12.1. The summed E-state index contributed by atoms with van der Waals surface area (Å²) in [6.45, 7) is 3.18. The third-order valence-corrected chi connectivity index (χ3v) is 4.89. The van der Waals surface area contributed by atoms with E-state index in [0.717, 1.165) is 32.5 Å². The summed E-state index contributed by atoms with van der Waals surface area (Å²) >= 11 is 1.57. The van der Waals surface area contributed by atoms with Crippen molar-refractivity contribution in [2.75, 3.05) is 45.2 Å². The van der Waals surface area contributed by atoms with E-state index in [1.165, 1.54) is 0 Å². The Morgan fingerprint density at radius 2 is 2.21 bits per heavy atom. The van der Waals surface area contributed by atoms with Gasteiger partial charge in [0.1, 0.15) is 0 Å². The number of piperazine rings is 1. The minimum absolute atomic E-state index is 0.0223. The lowest BCUT2D eigenvalue weighted by Crippen LogP contribution is -2.62. The second-order valence-electron chi connectivity index (χ2n) is 5.49. The van der Waals surface area contributed by atoms with Crippen LogP contribution in [0.25, 0.3) is 0 Å². The number of rotatable bonds is 2. The molecule has 2 amide bonds. The number of carbonyl (C=O) groups is 2. The van der Waals surface area contributed by atoms with Gasteiger partial charge < -0.3 is 10.2 Å². The fourth-order valence-corrected chi connectivity index (χ4v) is 3.45. The van der Waals surface area contributed by atoms with Gasteiger partial charge in [0.25, 0.3) is 0 Å². The van der Waals surface area contributed by atoms with Crippen LogP contribution in [0.4, 0.5) is 0 Å². The SMILES string of the molecule is CSCC(=O)N1CCN(C)[C@@]2(CCNC(=O)CC2)C1. The van der Waals surface area contributed by atoms with Crippen LogP contribution in [-0.2, 0) is 9.59 Å². The molecule has 1 spiro atoms. The van der Waals surface area contributed by atoms with Crippen molar-refractivity contribution < 1.29 is 9.59 Å². The molecule has 2 saturated heterocycles. The van der Waals surface area contributed by atoms with Gasteiger partial charge in [-0.05, 0) is 26.1 Å². The predicted octanol–water partition coefficient (Wildman–Crippen LogP) is 0.162. The van der Waals surface area contributed by atoms with Gasteiger partial charge in [0.05, 0.1) is 5.75 Å². The number of nitrogens with zero attached hydrogens (tertiary/aromatic N) is 2. The molecule has 0 aromatic carbocycles. The number of nitrogens with one attached hydrogen (secondary N) is 1. The Morgan fingerprint density at radius 3 is 2.95 bits per heavy atom. The normalized spacial score (nSPS) is 29.2. The molecule has 1 atom stereocenters. The number of hydrogen-bond donors (Lipinski definition) is 1. The highest BCUT2D eigenvalue weighted by Gasteiger charge is 2.41. The number of likely N-dealkylation sites (N-methyl/N-ethyl adjacent to an activating group) is 1. The molecule has 0 aliphatic carbocycles. The van der Waals surface area contributed by atoms with Crippen LogP contribution in [0.2, 0.25) is 0 Å². The maximum atomic E-state index is 12.1. The van der Waals surface area contributed by atoms with Gasteiger partial charge in [0, 0.05) is 38.1 Å². The van der Waals surface area contributed by atoms with Gasteiger partial charge in [-0.15, -0.1) is 0 Å². The predicted molar refractivity (Wildman–Crippen MR) is 77.2 cm³/mol. The summed E-state index contributed by atoms with van der Waals surface area (Å²) in [6, 6.07) is 0. The summed E-state index contributed by atoms with van der Waals surface area (Å²) in [7, 11) is 2.12. The van der Waals surface area contributed by atoms with Crippen molar-refractivity contribution in [3.8, 4) is 0 Å². The molecule has 0 radical (unpaired) electrons. The standard InChI is InChI=1S/C13H23N3O2S/c1-15-7-8-16(12(18)9-19-2)10-13(15)4-3-11(17)14-6-5-13/h3-10H2,1-2H3,(H,14,17)/t13-/m0/s1. The van der Waals surface area contributed by atoms with Crippen molar-refractivity contribution in [1.82, 2.24) is 15.1 Å². The Labute approximate surface area is 119 Å². The van der Waals surface area contributed by atoms with Crippen LogP contribution in [0, 0.1) is 0 Å². The quantitative estimate of drug-likeness (QED) is 0.785. The fraction of sp³-hybridized carbons (Fsp3) is 0.846. The fourth-order valence-electron chi connectivity index (χ4n) is 3.02. The van der Waals surface area contributed by atoms with E-state index in [1.54, 1.807) is 11.8 Å². The molecule has 0 saturated carbocycles. The summed E-state index contributed by atoms with van der Waals surface area (Å²) in [5.74, 6) is 0.915. The highest BCUT2D eigenvalue weighted by molar-refractivity contribution is 7.99. The smallest absolute Gasteiger partial charge is 0.232 e. The zero-order valence-corrected chi connectivity index (χ0v) is 12.6. The molecular formula is C13H23N3O2S. The molecule has 2 aliphatic heterocycles. The Balaban J connectivity index is 2.08. The average Bonchev–Trinajstić information content (AvgIpc) is 2.57. The van der Waals surface area contributed by atoms with E-state index >= 15 is 0 Å². The summed E-state index contributed by atoms with van der Waals surface area (Å²) in [5.41, 5.74) is -0.0223. The Morgan fingerprint density at radius 1 is 1.42 bits per heavy atom. The van der Waals surface area contributed by atoms with Crippen LogP contribution >= 0.6 is 11.8 Å². The van der Waals surface area contributed by atoms with E-state index in [1.807, 2.05) is 11.2 Å². The molecule has 2 heterocycles. The Bertz CT molecular complexity index is 364. The molecule has 0 bridgehead atoms. The maximum Gasteiger partial charge on any atom is 0.232 e. The summed E-state index contributed by atoms with van der Waals surface area (Å²) in [6.07, 6.45) is 4.30. The molecule has 1 N–H and O–H groups in total. The van der Waals surface area contributed by atoms with Crippen molar-refractivity contribution >= 4 is 23.6 Å². The summed E-state index contributed by atoms with van der Waals surface area (Å²) < 4.78 is 0. The molecule has 2 fully saturated rings. The third kappa shape index (κ3) is 3.23. The Kier molecular flexibility index (Phi) is 4.73. The molecule has 0 unspecified atom stereocenters. The van der Waals surface area contributed by atoms with Gasteiger partial charge in [-0.1, -0.05) is 0 Å². The Hall–Kier alpha value is -0.750. The highest BCUT2D eigenvalue weighted by atomic mass is 32.2.